The second kappa shape index (κ2) is 7.88. The Morgan fingerprint density at radius 1 is 0.967 bits per heavy atom. The van der Waals surface area contributed by atoms with Gasteiger partial charge in [-0.15, -0.1) is 0 Å². The van der Waals surface area contributed by atoms with Crippen molar-refractivity contribution in [2.75, 3.05) is 0 Å². The summed E-state index contributed by atoms with van der Waals surface area (Å²) in [7, 11) is -4.15. The number of hydrogen-bond donors (Lipinski definition) is 1. The van der Waals surface area contributed by atoms with Gasteiger partial charge in [-0.05, 0) is 18.2 Å². The van der Waals surface area contributed by atoms with Gasteiger partial charge in [0.15, 0.2) is 0 Å². The van der Waals surface area contributed by atoms with E-state index in [1.807, 2.05) is 35.1 Å². The van der Waals surface area contributed by atoms with Gasteiger partial charge in [-0.3, -0.25) is 14.6 Å². The Kier molecular flexibility index (Phi) is 5.11. The van der Waals surface area contributed by atoms with Gasteiger partial charge in [-0.1, -0.05) is 42.5 Å². The summed E-state index contributed by atoms with van der Waals surface area (Å²) in [5.74, 6) is -0.874. The first-order valence-corrected chi connectivity index (χ1v) is 10.4. The molecule has 0 bridgehead atoms. The third kappa shape index (κ3) is 3.96. The largest absolute Gasteiger partial charge is 0.272 e. The molecule has 0 fully saturated rings. The highest BCUT2D eigenvalue weighted by atomic mass is 32.2. The average molecular weight is 420 g/mol. The molecule has 4 rings (SSSR count). The van der Waals surface area contributed by atoms with E-state index < -0.39 is 28.0 Å². The van der Waals surface area contributed by atoms with Crippen LogP contribution in [-0.2, 0) is 21.4 Å². The predicted molar refractivity (Wildman–Crippen MR) is 111 cm³/mol. The molecule has 0 atom stereocenters. The van der Waals surface area contributed by atoms with Crippen LogP contribution < -0.4 is 10.3 Å². The summed E-state index contributed by atoms with van der Waals surface area (Å²) in [5.41, 5.74) is 0.745. The van der Waals surface area contributed by atoms with Gasteiger partial charge in [-0.25, -0.2) is 17.8 Å². The maximum Gasteiger partial charge on any atom is 0.267 e. The van der Waals surface area contributed by atoms with Gasteiger partial charge in [0.05, 0.1) is 10.6 Å². The lowest BCUT2D eigenvalue weighted by atomic mass is 10.1. The number of sulfonamides is 1. The third-order valence-electron chi connectivity index (χ3n) is 4.41. The van der Waals surface area contributed by atoms with Crippen LogP contribution in [0, 0.1) is 0 Å². The molecule has 150 valence electrons. The highest BCUT2D eigenvalue weighted by molar-refractivity contribution is 7.90. The van der Waals surface area contributed by atoms with Crippen LogP contribution >= 0.6 is 0 Å². The molecule has 0 spiro atoms. The fourth-order valence-corrected chi connectivity index (χ4v) is 4.23. The first-order chi connectivity index (χ1) is 14.4. The molecule has 1 N–H and O–H groups in total. The van der Waals surface area contributed by atoms with E-state index in [0.717, 1.165) is 10.2 Å². The van der Waals surface area contributed by atoms with Gasteiger partial charge in [0.25, 0.3) is 21.5 Å². The van der Waals surface area contributed by atoms with Crippen molar-refractivity contribution in [1.29, 1.82) is 0 Å². The lowest BCUT2D eigenvalue weighted by Crippen LogP contribution is -2.37. The lowest BCUT2D eigenvalue weighted by molar-refractivity contribution is -0.120. The summed E-state index contributed by atoms with van der Waals surface area (Å²) in [6, 6.07) is 18.2. The number of rotatable bonds is 5. The van der Waals surface area contributed by atoms with E-state index in [9.17, 15) is 18.0 Å². The summed E-state index contributed by atoms with van der Waals surface area (Å²) < 4.78 is 28.5. The maximum atomic E-state index is 12.8. The number of carbonyl (C=O) groups excluding carboxylic acids is 1. The summed E-state index contributed by atoms with van der Waals surface area (Å²) in [5, 5.41) is 5.24. The number of benzene rings is 2. The smallest absolute Gasteiger partial charge is 0.267 e. The summed E-state index contributed by atoms with van der Waals surface area (Å²) >= 11 is 0. The van der Waals surface area contributed by atoms with Crippen LogP contribution in [0.25, 0.3) is 22.0 Å². The number of amides is 1. The standard InChI is InChI=1S/C21H16N4O4S/c26-20(14-25-21(27)10-9-18(23-25)15-5-2-1-3-6-15)24-30(28,29)19-8-4-7-16-13-22-12-11-17(16)19/h1-13H,14H2,(H,24,26). The number of nitrogens with zero attached hydrogens (tertiary/aromatic N) is 3. The topological polar surface area (TPSA) is 111 Å². The highest BCUT2D eigenvalue weighted by Crippen LogP contribution is 2.21. The SMILES string of the molecule is O=C(Cn1nc(-c2ccccc2)ccc1=O)NS(=O)(=O)c1cccc2cnccc12. The minimum Gasteiger partial charge on any atom is -0.272 e. The molecule has 0 saturated heterocycles. The van der Waals surface area contributed by atoms with E-state index >= 15 is 0 Å². The Bertz CT molecular complexity index is 1390. The molecule has 4 aromatic rings. The van der Waals surface area contributed by atoms with Crippen molar-refractivity contribution in [2.45, 2.75) is 11.4 Å². The number of nitrogens with one attached hydrogen (secondary N) is 1. The van der Waals surface area contributed by atoms with Gasteiger partial charge in [0.2, 0.25) is 0 Å². The molecule has 0 radical (unpaired) electrons. The molecule has 2 aromatic heterocycles. The molecule has 2 aromatic carbocycles. The molecular weight excluding hydrogens is 404 g/mol. The first kappa shape index (κ1) is 19.5. The van der Waals surface area contributed by atoms with Crippen molar-refractivity contribution < 1.29 is 13.2 Å². The Labute approximate surface area is 171 Å². The molecule has 30 heavy (non-hydrogen) atoms. The Morgan fingerprint density at radius 2 is 1.77 bits per heavy atom. The van der Waals surface area contributed by atoms with Crippen molar-refractivity contribution in [2.24, 2.45) is 0 Å². The van der Waals surface area contributed by atoms with E-state index in [1.165, 1.54) is 24.5 Å². The molecule has 0 aliphatic rings. The Hall–Kier alpha value is -3.85. The second-order valence-corrected chi connectivity index (χ2v) is 8.11. The molecule has 9 heteroatoms. The third-order valence-corrected chi connectivity index (χ3v) is 5.84. The fourth-order valence-electron chi connectivity index (χ4n) is 3.03. The van der Waals surface area contributed by atoms with Gasteiger partial charge in [-0.2, -0.15) is 5.10 Å². The van der Waals surface area contributed by atoms with Crippen LogP contribution in [0.3, 0.4) is 0 Å². The van der Waals surface area contributed by atoms with E-state index in [2.05, 4.69) is 10.1 Å². The van der Waals surface area contributed by atoms with Crippen molar-refractivity contribution in [3.8, 4) is 11.3 Å². The Balaban J connectivity index is 1.60. The molecular formula is C21H16N4O4S. The monoisotopic (exact) mass is 420 g/mol. The predicted octanol–water partition coefficient (Wildman–Crippen LogP) is 1.96. The van der Waals surface area contributed by atoms with E-state index in [4.69, 9.17) is 0 Å². The van der Waals surface area contributed by atoms with Crippen LogP contribution in [0.5, 0.6) is 0 Å². The number of fused-ring (bicyclic) bond motifs is 1. The molecule has 2 heterocycles. The summed E-state index contributed by atoms with van der Waals surface area (Å²) in [6.07, 6.45) is 3.01. The first-order valence-electron chi connectivity index (χ1n) is 8.96. The number of aromatic nitrogens is 3. The van der Waals surface area contributed by atoms with Gasteiger partial charge < -0.3 is 0 Å². The minimum absolute atomic E-state index is 0.0471. The lowest BCUT2D eigenvalue weighted by Gasteiger charge is -2.10. The van der Waals surface area contributed by atoms with Gasteiger partial charge in [0, 0.05) is 34.8 Å². The van der Waals surface area contributed by atoms with Gasteiger partial charge >= 0.3 is 0 Å². The Morgan fingerprint density at radius 3 is 2.57 bits per heavy atom. The number of hydrogen-bond acceptors (Lipinski definition) is 6. The van der Waals surface area contributed by atoms with Crippen LogP contribution in [-0.4, -0.2) is 29.1 Å². The van der Waals surface area contributed by atoms with Crippen molar-refractivity contribution in [1.82, 2.24) is 19.5 Å². The van der Waals surface area contributed by atoms with E-state index in [1.54, 1.807) is 24.3 Å². The molecule has 1 amide bonds. The molecule has 0 aliphatic heterocycles. The quantitative estimate of drug-likeness (QED) is 0.528. The van der Waals surface area contributed by atoms with Crippen LogP contribution in [0.15, 0.2) is 88.8 Å². The van der Waals surface area contributed by atoms with Crippen molar-refractivity contribution >= 4 is 26.7 Å². The number of pyridine rings is 1. The van der Waals surface area contributed by atoms with Crippen molar-refractivity contribution in [3.63, 3.8) is 0 Å². The molecule has 0 aliphatic carbocycles. The second-order valence-electron chi connectivity index (χ2n) is 6.46. The van der Waals surface area contributed by atoms with Crippen LogP contribution in [0.2, 0.25) is 0 Å². The van der Waals surface area contributed by atoms with E-state index in [-0.39, 0.29) is 4.90 Å². The summed E-state index contributed by atoms with van der Waals surface area (Å²) in [6.45, 7) is -0.537. The van der Waals surface area contributed by atoms with Gasteiger partial charge in [0.1, 0.15) is 6.54 Å². The van der Waals surface area contributed by atoms with Crippen LogP contribution in [0.4, 0.5) is 0 Å². The zero-order chi connectivity index (χ0) is 21.1. The fraction of sp³-hybridized carbons (Fsp3) is 0.0476. The maximum absolute atomic E-state index is 12.8. The molecule has 8 nitrogen and oxygen atoms in total. The number of carbonyl (C=O) groups is 1. The molecule has 0 unspecified atom stereocenters. The average Bonchev–Trinajstić information content (AvgIpc) is 2.75. The van der Waals surface area contributed by atoms with E-state index in [0.29, 0.717) is 16.5 Å². The minimum atomic E-state index is -4.15. The van der Waals surface area contributed by atoms with Crippen molar-refractivity contribution in [3.05, 3.63) is 89.5 Å². The zero-order valence-electron chi connectivity index (χ0n) is 15.6. The normalized spacial score (nSPS) is 11.3. The summed E-state index contributed by atoms with van der Waals surface area (Å²) in [4.78, 5) is 28.5. The van der Waals surface area contributed by atoms with Crippen LogP contribution in [0.1, 0.15) is 0 Å². The zero-order valence-corrected chi connectivity index (χ0v) is 16.4. The molecule has 0 saturated carbocycles. The highest BCUT2D eigenvalue weighted by Gasteiger charge is 2.21.